The van der Waals surface area contributed by atoms with Gasteiger partial charge in [0, 0.05) is 6.42 Å². The van der Waals surface area contributed by atoms with Gasteiger partial charge in [0.15, 0.2) is 0 Å². The summed E-state index contributed by atoms with van der Waals surface area (Å²) in [6, 6.07) is -0.708. The first-order valence-electron chi connectivity index (χ1n) is 23.9. The van der Waals surface area contributed by atoms with Crippen LogP contribution in [0.2, 0.25) is 0 Å². The average molecular weight is 786 g/mol. The first kappa shape index (κ1) is 53.8. The number of unbranched alkanes of at least 4 members (excludes halogenated alkanes) is 22. The van der Waals surface area contributed by atoms with E-state index in [1.165, 1.54) is 116 Å². The fourth-order valence-electron chi connectivity index (χ4n) is 7.01. The Balaban J connectivity index is 4.50. The summed E-state index contributed by atoms with van der Waals surface area (Å²) in [6.07, 6.45) is 51.8. The Hall–Kier alpha value is -2.18. The second-order valence-electron chi connectivity index (χ2n) is 16.2. The molecule has 0 radical (unpaired) electrons. The van der Waals surface area contributed by atoms with Crippen LogP contribution in [-0.4, -0.2) is 46.9 Å². The van der Waals surface area contributed by atoms with Crippen molar-refractivity contribution in [1.29, 1.82) is 0 Å². The van der Waals surface area contributed by atoms with Gasteiger partial charge in [0.25, 0.3) is 0 Å². The van der Waals surface area contributed by atoms with Gasteiger partial charge in [-0.2, -0.15) is 0 Å². The van der Waals surface area contributed by atoms with Gasteiger partial charge < -0.3 is 20.3 Å². The topological polar surface area (TPSA) is 95.9 Å². The van der Waals surface area contributed by atoms with Crippen molar-refractivity contribution in [3.63, 3.8) is 0 Å². The highest BCUT2D eigenvalue weighted by Crippen LogP contribution is 2.17. The van der Waals surface area contributed by atoms with Gasteiger partial charge in [-0.05, 0) is 64.2 Å². The quantitative estimate of drug-likeness (QED) is 0.0325. The zero-order valence-corrected chi connectivity index (χ0v) is 37.0. The summed E-state index contributed by atoms with van der Waals surface area (Å²) in [6.45, 7) is 6.40. The van der Waals surface area contributed by atoms with Crippen LogP contribution in [0, 0.1) is 0 Å². The van der Waals surface area contributed by atoms with Gasteiger partial charge in [-0.25, -0.2) is 0 Å². The van der Waals surface area contributed by atoms with E-state index in [0.717, 1.165) is 64.2 Å². The molecule has 0 fully saturated rings. The lowest BCUT2D eigenvalue weighted by atomic mass is 10.0. The standard InChI is InChI=1S/C50H91NO5/c1-4-7-10-13-16-18-20-22-23-24-25-27-29-31-34-37-40-43-50(55)56-46(41-38-35-32-15-12-9-6-3)44-49(54)51-47(45-52)48(53)42-39-36-33-30-28-26-21-19-17-14-11-8-5-2/h16,18,22-23,25,27,31,34,46-48,52-53H,4-15,17,19-21,24,26,28-30,32-33,35-45H2,1-3H3,(H,51,54)/b18-16-,23-22-,27-25-,34-31-. The van der Waals surface area contributed by atoms with Crippen LogP contribution in [-0.2, 0) is 14.3 Å². The van der Waals surface area contributed by atoms with Crippen molar-refractivity contribution in [3.05, 3.63) is 48.6 Å². The zero-order chi connectivity index (χ0) is 41.0. The smallest absolute Gasteiger partial charge is 0.306 e. The predicted molar refractivity (Wildman–Crippen MR) is 241 cm³/mol. The van der Waals surface area contributed by atoms with Crippen LogP contribution in [0.25, 0.3) is 0 Å². The van der Waals surface area contributed by atoms with Gasteiger partial charge in [-0.1, -0.05) is 204 Å². The number of nitrogens with one attached hydrogen (secondary N) is 1. The molecule has 0 aliphatic heterocycles. The molecule has 0 heterocycles. The maximum absolute atomic E-state index is 13.1. The molecule has 0 aliphatic rings. The molecular weight excluding hydrogens is 695 g/mol. The van der Waals surface area contributed by atoms with Crippen molar-refractivity contribution in [2.24, 2.45) is 0 Å². The van der Waals surface area contributed by atoms with Crippen LogP contribution in [0.5, 0.6) is 0 Å². The van der Waals surface area contributed by atoms with Gasteiger partial charge in [0.05, 0.1) is 25.2 Å². The fourth-order valence-corrected chi connectivity index (χ4v) is 7.01. The van der Waals surface area contributed by atoms with Crippen LogP contribution in [0.15, 0.2) is 48.6 Å². The lowest BCUT2D eigenvalue weighted by Crippen LogP contribution is -2.46. The second kappa shape index (κ2) is 43.9. The predicted octanol–water partition coefficient (Wildman–Crippen LogP) is 13.9. The SMILES string of the molecule is CCCCC/C=C\C/C=C\C/C=C\C/C=C\CCCC(=O)OC(CCCCCCCCC)CC(=O)NC(CO)C(O)CCCCCCCCCCCCCCC. The molecule has 6 nitrogen and oxygen atoms in total. The number of carbonyl (C=O) groups is 2. The first-order chi connectivity index (χ1) is 27.5. The molecule has 0 saturated heterocycles. The van der Waals surface area contributed by atoms with Crippen molar-refractivity contribution < 1.29 is 24.5 Å². The largest absolute Gasteiger partial charge is 0.462 e. The number of allylic oxidation sites excluding steroid dienone is 8. The van der Waals surface area contributed by atoms with E-state index >= 15 is 0 Å². The molecule has 0 aromatic heterocycles. The number of rotatable bonds is 42. The van der Waals surface area contributed by atoms with Crippen molar-refractivity contribution in [2.45, 2.75) is 251 Å². The number of carbonyl (C=O) groups excluding carboxylic acids is 2. The Morgan fingerprint density at radius 1 is 0.518 bits per heavy atom. The normalized spacial score (nSPS) is 13.7. The molecule has 3 unspecified atom stereocenters. The van der Waals surface area contributed by atoms with E-state index in [1.54, 1.807) is 0 Å². The zero-order valence-electron chi connectivity index (χ0n) is 37.0. The van der Waals surface area contributed by atoms with E-state index in [9.17, 15) is 19.8 Å². The highest BCUT2D eigenvalue weighted by Gasteiger charge is 2.24. The van der Waals surface area contributed by atoms with Crippen molar-refractivity contribution >= 4 is 11.9 Å². The number of amides is 1. The van der Waals surface area contributed by atoms with Gasteiger partial charge in [0.1, 0.15) is 6.10 Å². The maximum Gasteiger partial charge on any atom is 0.306 e. The van der Waals surface area contributed by atoms with Crippen molar-refractivity contribution in [2.75, 3.05) is 6.61 Å². The fraction of sp³-hybridized carbons (Fsp3) is 0.800. The van der Waals surface area contributed by atoms with E-state index < -0.39 is 18.2 Å². The minimum absolute atomic E-state index is 0.0563. The molecule has 0 bridgehead atoms. The highest BCUT2D eigenvalue weighted by atomic mass is 16.5. The molecule has 1 amide bonds. The lowest BCUT2D eigenvalue weighted by Gasteiger charge is -2.24. The van der Waals surface area contributed by atoms with E-state index in [2.05, 4.69) is 74.7 Å². The summed E-state index contributed by atoms with van der Waals surface area (Å²) in [5.41, 5.74) is 0. The van der Waals surface area contributed by atoms with Crippen LogP contribution in [0.1, 0.15) is 233 Å². The lowest BCUT2D eigenvalue weighted by molar-refractivity contribution is -0.151. The first-order valence-corrected chi connectivity index (χ1v) is 23.9. The minimum atomic E-state index is -0.793. The van der Waals surface area contributed by atoms with E-state index in [-0.39, 0.29) is 24.9 Å². The van der Waals surface area contributed by atoms with E-state index in [1.807, 2.05) is 0 Å². The molecule has 6 heteroatoms. The number of hydrogen-bond acceptors (Lipinski definition) is 5. The minimum Gasteiger partial charge on any atom is -0.462 e. The third-order valence-electron chi connectivity index (χ3n) is 10.7. The molecule has 3 atom stereocenters. The molecule has 0 aromatic rings. The van der Waals surface area contributed by atoms with Crippen LogP contribution in [0.3, 0.4) is 0 Å². The third-order valence-corrected chi connectivity index (χ3v) is 10.7. The summed E-state index contributed by atoms with van der Waals surface area (Å²) in [4.78, 5) is 25.9. The Morgan fingerprint density at radius 2 is 0.911 bits per heavy atom. The molecule has 326 valence electrons. The maximum atomic E-state index is 13.1. The molecular formula is C50H91NO5. The summed E-state index contributed by atoms with van der Waals surface area (Å²) >= 11 is 0. The number of aliphatic hydroxyl groups is 2. The summed E-state index contributed by atoms with van der Waals surface area (Å²) in [5.74, 6) is -0.543. The summed E-state index contributed by atoms with van der Waals surface area (Å²) in [7, 11) is 0. The summed E-state index contributed by atoms with van der Waals surface area (Å²) < 4.78 is 5.85. The Labute approximate surface area is 346 Å². The molecule has 56 heavy (non-hydrogen) atoms. The van der Waals surface area contributed by atoms with Gasteiger partial charge in [-0.3, -0.25) is 9.59 Å². The van der Waals surface area contributed by atoms with E-state index in [0.29, 0.717) is 25.7 Å². The van der Waals surface area contributed by atoms with E-state index in [4.69, 9.17) is 4.74 Å². The average Bonchev–Trinajstić information content (AvgIpc) is 3.19. The molecule has 0 spiro atoms. The number of hydrogen-bond donors (Lipinski definition) is 3. The Morgan fingerprint density at radius 3 is 1.38 bits per heavy atom. The van der Waals surface area contributed by atoms with Gasteiger partial charge in [0.2, 0.25) is 5.91 Å². The van der Waals surface area contributed by atoms with Crippen LogP contribution >= 0.6 is 0 Å². The Kier molecular flexibility index (Phi) is 42.2. The molecule has 0 saturated carbocycles. The Bertz CT molecular complexity index is 972. The van der Waals surface area contributed by atoms with Crippen molar-refractivity contribution in [1.82, 2.24) is 5.32 Å². The third kappa shape index (κ3) is 38.7. The number of esters is 1. The molecule has 0 rings (SSSR count). The number of ether oxygens (including phenoxy) is 1. The van der Waals surface area contributed by atoms with Gasteiger partial charge in [-0.15, -0.1) is 0 Å². The number of aliphatic hydroxyl groups excluding tert-OH is 2. The highest BCUT2D eigenvalue weighted by molar-refractivity contribution is 5.77. The molecule has 3 N–H and O–H groups in total. The molecule has 0 aliphatic carbocycles. The van der Waals surface area contributed by atoms with Gasteiger partial charge >= 0.3 is 5.97 Å². The van der Waals surface area contributed by atoms with Crippen LogP contribution in [0.4, 0.5) is 0 Å². The monoisotopic (exact) mass is 786 g/mol. The summed E-state index contributed by atoms with van der Waals surface area (Å²) in [5, 5.41) is 23.6. The molecule has 0 aromatic carbocycles. The van der Waals surface area contributed by atoms with Crippen molar-refractivity contribution in [3.8, 4) is 0 Å². The van der Waals surface area contributed by atoms with Crippen LogP contribution < -0.4 is 5.32 Å². The second-order valence-corrected chi connectivity index (χ2v) is 16.2.